The van der Waals surface area contributed by atoms with E-state index in [4.69, 9.17) is 5.73 Å². The molecule has 0 amide bonds. The highest BCUT2D eigenvalue weighted by Gasteiger charge is 2.05. The lowest BCUT2D eigenvalue weighted by atomic mass is 10.4. The molecule has 0 saturated carbocycles. The summed E-state index contributed by atoms with van der Waals surface area (Å²) in [6.07, 6.45) is 1.67. The summed E-state index contributed by atoms with van der Waals surface area (Å²) in [5, 5.41) is 8.45. The van der Waals surface area contributed by atoms with Crippen molar-refractivity contribution in [2.24, 2.45) is 7.05 Å². The molecule has 2 N–H and O–H groups in total. The van der Waals surface area contributed by atoms with Crippen molar-refractivity contribution >= 4 is 17.6 Å². The van der Waals surface area contributed by atoms with E-state index in [1.54, 1.807) is 12.4 Å². The first-order valence-corrected chi connectivity index (χ1v) is 5.70. The lowest BCUT2D eigenvalue weighted by molar-refractivity contribution is 0.846. The molecule has 16 heavy (non-hydrogen) atoms. The molecule has 0 aliphatic rings. The zero-order chi connectivity index (χ0) is 11.5. The first-order valence-electron chi connectivity index (χ1n) is 4.72. The summed E-state index contributed by atoms with van der Waals surface area (Å²) in [6, 6.07) is 1.74. The van der Waals surface area contributed by atoms with Crippen LogP contribution in [0.5, 0.6) is 0 Å². The van der Waals surface area contributed by atoms with Crippen molar-refractivity contribution in [2.75, 3.05) is 5.73 Å². The van der Waals surface area contributed by atoms with E-state index in [1.807, 2.05) is 18.5 Å². The van der Waals surface area contributed by atoms with Crippen LogP contribution >= 0.6 is 11.8 Å². The van der Waals surface area contributed by atoms with E-state index in [2.05, 4.69) is 20.2 Å². The number of nitrogens with two attached hydrogens (primary N) is 1. The number of hydrogen-bond acceptors (Lipinski definition) is 6. The maximum atomic E-state index is 5.64. The van der Waals surface area contributed by atoms with Gasteiger partial charge in [0.05, 0.1) is 5.75 Å². The smallest absolute Gasteiger partial charge is 0.190 e. The van der Waals surface area contributed by atoms with Gasteiger partial charge in [-0.25, -0.2) is 9.97 Å². The molecule has 0 fully saturated rings. The Kier molecular flexibility index (Phi) is 3.04. The van der Waals surface area contributed by atoms with Crippen molar-refractivity contribution in [1.29, 1.82) is 0 Å². The number of anilines is 1. The average Bonchev–Trinajstić information content (AvgIpc) is 2.59. The molecular weight excluding hydrogens is 224 g/mol. The molecule has 0 unspecified atom stereocenters. The van der Waals surface area contributed by atoms with Crippen LogP contribution < -0.4 is 5.73 Å². The normalized spacial score (nSPS) is 10.6. The zero-order valence-corrected chi connectivity index (χ0v) is 9.90. The number of hydrogen-bond donors (Lipinski definition) is 1. The average molecular weight is 236 g/mol. The predicted octanol–water partition coefficient (Wildman–Crippen LogP) is 0.788. The van der Waals surface area contributed by atoms with Gasteiger partial charge in [0.25, 0.3) is 0 Å². The molecule has 0 spiro atoms. The number of nitrogen functional groups attached to an aromatic ring is 1. The fourth-order valence-electron chi connectivity index (χ4n) is 1.20. The molecule has 0 aliphatic heterocycles. The third-order valence-corrected chi connectivity index (χ3v) is 2.83. The van der Waals surface area contributed by atoms with Crippen molar-refractivity contribution in [3.8, 4) is 0 Å². The van der Waals surface area contributed by atoms with E-state index in [1.165, 1.54) is 11.8 Å². The van der Waals surface area contributed by atoms with Crippen LogP contribution in [0.15, 0.2) is 17.6 Å². The molecule has 0 aromatic carbocycles. The second kappa shape index (κ2) is 4.48. The van der Waals surface area contributed by atoms with Crippen molar-refractivity contribution in [1.82, 2.24) is 24.7 Å². The molecule has 84 valence electrons. The SMILES string of the molecule is Cc1cc(N)nc(SCc2nncn2C)n1. The quantitative estimate of drug-likeness (QED) is 0.626. The van der Waals surface area contributed by atoms with Gasteiger partial charge >= 0.3 is 0 Å². The summed E-state index contributed by atoms with van der Waals surface area (Å²) in [7, 11) is 1.90. The van der Waals surface area contributed by atoms with E-state index in [9.17, 15) is 0 Å². The van der Waals surface area contributed by atoms with Gasteiger partial charge in [0, 0.05) is 18.8 Å². The maximum absolute atomic E-state index is 5.64. The van der Waals surface area contributed by atoms with Crippen LogP contribution in [-0.2, 0) is 12.8 Å². The monoisotopic (exact) mass is 236 g/mol. The molecule has 0 aliphatic carbocycles. The minimum Gasteiger partial charge on any atom is -0.384 e. The molecule has 7 heteroatoms. The van der Waals surface area contributed by atoms with Gasteiger partial charge in [-0.2, -0.15) is 0 Å². The molecule has 0 radical (unpaired) electrons. The van der Waals surface area contributed by atoms with E-state index in [0.29, 0.717) is 16.7 Å². The second-order valence-electron chi connectivity index (χ2n) is 3.36. The van der Waals surface area contributed by atoms with Crippen molar-refractivity contribution in [3.05, 3.63) is 23.9 Å². The van der Waals surface area contributed by atoms with Gasteiger partial charge in [0.2, 0.25) is 0 Å². The third-order valence-electron chi connectivity index (χ3n) is 1.99. The van der Waals surface area contributed by atoms with Crippen molar-refractivity contribution < 1.29 is 0 Å². The highest BCUT2D eigenvalue weighted by atomic mass is 32.2. The standard InChI is InChI=1S/C9H12N6S/c1-6-3-7(10)13-9(12-6)16-4-8-14-11-5-15(8)2/h3,5H,4H2,1-2H3,(H2,10,12,13). The number of thioether (sulfide) groups is 1. The third kappa shape index (κ3) is 2.48. The predicted molar refractivity (Wildman–Crippen MR) is 61.7 cm³/mol. The van der Waals surface area contributed by atoms with Crippen LogP contribution in [-0.4, -0.2) is 24.7 Å². The van der Waals surface area contributed by atoms with Crippen molar-refractivity contribution in [3.63, 3.8) is 0 Å². The van der Waals surface area contributed by atoms with Crippen molar-refractivity contribution in [2.45, 2.75) is 17.8 Å². The summed E-state index contributed by atoms with van der Waals surface area (Å²) in [5.74, 6) is 2.06. The molecule has 2 rings (SSSR count). The van der Waals surface area contributed by atoms with E-state index < -0.39 is 0 Å². The van der Waals surface area contributed by atoms with Gasteiger partial charge in [0.15, 0.2) is 5.16 Å². The highest BCUT2D eigenvalue weighted by Crippen LogP contribution is 2.18. The summed E-state index contributed by atoms with van der Waals surface area (Å²) in [5.41, 5.74) is 6.51. The van der Waals surface area contributed by atoms with Gasteiger partial charge < -0.3 is 10.3 Å². The Balaban J connectivity index is 2.07. The Bertz CT molecular complexity index is 474. The topological polar surface area (TPSA) is 82.5 Å². The van der Waals surface area contributed by atoms with Crippen LogP contribution in [0.4, 0.5) is 5.82 Å². The first kappa shape index (κ1) is 10.9. The van der Waals surface area contributed by atoms with Gasteiger partial charge in [0.1, 0.15) is 18.0 Å². The van der Waals surface area contributed by atoms with Crippen LogP contribution in [0.3, 0.4) is 0 Å². The number of rotatable bonds is 3. The number of aryl methyl sites for hydroxylation is 2. The first-order chi connectivity index (χ1) is 7.65. The summed E-state index contributed by atoms with van der Waals surface area (Å²) in [4.78, 5) is 8.41. The minimum atomic E-state index is 0.493. The van der Waals surface area contributed by atoms with Crippen LogP contribution in [0.25, 0.3) is 0 Å². The summed E-state index contributed by atoms with van der Waals surface area (Å²) >= 11 is 1.50. The Morgan fingerprint density at radius 3 is 2.88 bits per heavy atom. The molecule has 0 saturated heterocycles. The Labute approximate surface area is 97.3 Å². The fourth-order valence-corrected chi connectivity index (χ4v) is 2.09. The molecule has 0 atom stereocenters. The molecule has 2 aromatic heterocycles. The second-order valence-corrected chi connectivity index (χ2v) is 4.31. The van der Waals surface area contributed by atoms with Gasteiger partial charge in [-0.05, 0) is 6.92 Å². The number of nitrogens with zero attached hydrogens (tertiary/aromatic N) is 5. The minimum absolute atomic E-state index is 0.493. The van der Waals surface area contributed by atoms with Gasteiger partial charge in [-0.15, -0.1) is 10.2 Å². The molecule has 6 nitrogen and oxygen atoms in total. The van der Waals surface area contributed by atoms with Crippen LogP contribution in [0.1, 0.15) is 11.5 Å². The zero-order valence-electron chi connectivity index (χ0n) is 9.08. The fraction of sp³-hybridized carbons (Fsp3) is 0.333. The Hall–Kier alpha value is -1.63. The molecule has 2 heterocycles. The molecule has 2 aromatic rings. The largest absolute Gasteiger partial charge is 0.384 e. The van der Waals surface area contributed by atoms with Gasteiger partial charge in [-0.1, -0.05) is 11.8 Å². The van der Waals surface area contributed by atoms with Crippen LogP contribution in [0.2, 0.25) is 0 Å². The highest BCUT2D eigenvalue weighted by molar-refractivity contribution is 7.98. The summed E-state index contributed by atoms with van der Waals surface area (Å²) in [6.45, 7) is 1.89. The van der Waals surface area contributed by atoms with E-state index in [-0.39, 0.29) is 0 Å². The van der Waals surface area contributed by atoms with Crippen LogP contribution in [0, 0.1) is 6.92 Å². The number of aromatic nitrogens is 5. The summed E-state index contributed by atoms with van der Waals surface area (Å²) < 4.78 is 1.87. The lowest BCUT2D eigenvalue weighted by Crippen LogP contribution is -1.99. The van der Waals surface area contributed by atoms with E-state index in [0.717, 1.165) is 11.5 Å². The Morgan fingerprint density at radius 2 is 2.25 bits per heavy atom. The lowest BCUT2D eigenvalue weighted by Gasteiger charge is -2.02. The van der Waals surface area contributed by atoms with E-state index >= 15 is 0 Å². The maximum Gasteiger partial charge on any atom is 0.190 e. The Morgan fingerprint density at radius 1 is 1.44 bits per heavy atom. The molecular formula is C9H12N6S. The van der Waals surface area contributed by atoms with Gasteiger partial charge in [-0.3, -0.25) is 0 Å². The molecule has 0 bridgehead atoms.